The summed E-state index contributed by atoms with van der Waals surface area (Å²) in [5, 5.41) is 12.1. The van der Waals surface area contributed by atoms with Gasteiger partial charge >= 0.3 is 5.97 Å². The van der Waals surface area contributed by atoms with Crippen molar-refractivity contribution < 1.29 is 14.7 Å². The van der Waals surface area contributed by atoms with Gasteiger partial charge in [-0.3, -0.25) is 9.59 Å². The Bertz CT molecular complexity index is 334. The number of carbonyl (C=O) groups is 2. The van der Waals surface area contributed by atoms with Gasteiger partial charge in [0.2, 0.25) is 5.91 Å². The fourth-order valence-corrected chi connectivity index (χ4v) is 3.33. The van der Waals surface area contributed by atoms with Crippen LogP contribution in [0.15, 0.2) is 0 Å². The topological polar surface area (TPSA) is 66.4 Å². The molecule has 0 bridgehead atoms. The molecule has 1 amide bonds. The summed E-state index contributed by atoms with van der Waals surface area (Å²) in [4.78, 5) is 23.4. The molecule has 0 aromatic rings. The summed E-state index contributed by atoms with van der Waals surface area (Å²) in [7, 11) is 0. The van der Waals surface area contributed by atoms with E-state index >= 15 is 0 Å². The molecule has 2 unspecified atom stereocenters. The molecule has 2 saturated carbocycles. The van der Waals surface area contributed by atoms with Crippen molar-refractivity contribution in [2.75, 3.05) is 0 Å². The van der Waals surface area contributed by atoms with E-state index in [0.29, 0.717) is 6.42 Å². The van der Waals surface area contributed by atoms with Crippen LogP contribution in [0, 0.1) is 11.3 Å². The Balaban J connectivity index is 1.96. The van der Waals surface area contributed by atoms with Crippen LogP contribution in [0.1, 0.15) is 58.3 Å². The maximum Gasteiger partial charge on any atom is 0.308 e. The normalized spacial score (nSPS) is 30.9. The van der Waals surface area contributed by atoms with Crippen LogP contribution in [0.25, 0.3) is 0 Å². The lowest BCUT2D eigenvalue weighted by atomic mass is 9.75. The minimum atomic E-state index is -0.772. The summed E-state index contributed by atoms with van der Waals surface area (Å²) in [6.07, 6.45) is 7.69. The molecule has 0 spiro atoms. The van der Waals surface area contributed by atoms with E-state index in [2.05, 4.69) is 5.32 Å². The standard InChI is InChI=1S/C14H23NO3/c1-14(8-3-2-4-9-14)13(18)15-11-7-5-6-10(11)12(16)17/h10-11H,2-9H2,1H3,(H,15,18)(H,16,17). The molecular weight excluding hydrogens is 230 g/mol. The Morgan fingerprint density at radius 2 is 1.78 bits per heavy atom. The molecule has 2 rings (SSSR count). The highest BCUT2D eigenvalue weighted by atomic mass is 16.4. The summed E-state index contributed by atoms with van der Waals surface area (Å²) in [6, 6.07) is -0.159. The van der Waals surface area contributed by atoms with Crippen molar-refractivity contribution in [3.05, 3.63) is 0 Å². The largest absolute Gasteiger partial charge is 0.481 e. The van der Waals surface area contributed by atoms with Crippen LogP contribution in [-0.4, -0.2) is 23.0 Å². The molecule has 2 N–H and O–H groups in total. The van der Waals surface area contributed by atoms with Gasteiger partial charge in [0.05, 0.1) is 5.92 Å². The number of amides is 1. The zero-order chi connectivity index (χ0) is 13.2. The second kappa shape index (κ2) is 5.29. The zero-order valence-electron chi connectivity index (χ0n) is 11.1. The molecule has 0 aliphatic heterocycles. The number of hydrogen-bond acceptors (Lipinski definition) is 2. The van der Waals surface area contributed by atoms with Crippen LogP contribution in [0.5, 0.6) is 0 Å². The minimum Gasteiger partial charge on any atom is -0.481 e. The number of aliphatic carboxylic acids is 1. The number of nitrogens with one attached hydrogen (secondary N) is 1. The van der Waals surface area contributed by atoms with E-state index in [1.165, 1.54) is 6.42 Å². The van der Waals surface area contributed by atoms with Gasteiger partial charge in [-0.2, -0.15) is 0 Å². The maximum atomic E-state index is 12.3. The van der Waals surface area contributed by atoms with Gasteiger partial charge in [0.15, 0.2) is 0 Å². The third kappa shape index (κ3) is 2.68. The van der Waals surface area contributed by atoms with Gasteiger partial charge in [0.25, 0.3) is 0 Å². The first-order valence-electron chi connectivity index (χ1n) is 7.07. The van der Waals surface area contributed by atoms with Gasteiger partial charge in [-0.15, -0.1) is 0 Å². The first-order chi connectivity index (χ1) is 8.53. The van der Waals surface area contributed by atoms with Gasteiger partial charge in [-0.25, -0.2) is 0 Å². The lowest BCUT2D eigenvalue weighted by Crippen LogP contribution is -2.47. The SMILES string of the molecule is CC1(C(=O)NC2CCCC2C(=O)O)CCCCC1. The molecular formula is C14H23NO3. The van der Waals surface area contributed by atoms with Gasteiger partial charge in [0, 0.05) is 11.5 Å². The third-order valence-corrected chi connectivity index (χ3v) is 4.65. The van der Waals surface area contributed by atoms with Gasteiger partial charge < -0.3 is 10.4 Å². The fourth-order valence-electron chi connectivity index (χ4n) is 3.33. The van der Waals surface area contributed by atoms with Gasteiger partial charge in [-0.1, -0.05) is 32.6 Å². The van der Waals surface area contributed by atoms with Crippen LogP contribution in [0.2, 0.25) is 0 Å². The second-order valence-electron chi connectivity index (χ2n) is 6.08. The predicted molar refractivity (Wildman–Crippen MR) is 68.1 cm³/mol. The highest BCUT2D eigenvalue weighted by Gasteiger charge is 2.39. The summed E-state index contributed by atoms with van der Waals surface area (Å²) in [6.45, 7) is 2.02. The van der Waals surface area contributed by atoms with E-state index in [0.717, 1.165) is 38.5 Å². The smallest absolute Gasteiger partial charge is 0.308 e. The lowest BCUT2D eigenvalue weighted by molar-refractivity contribution is -0.143. The van der Waals surface area contributed by atoms with Crippen molar-refractivity contribution in [3.8, 4) is 0 Å². The number of carboxylic acids is 1. The molecule has 102 valence electrons. The number of carbonyl (C=O) groups excluding carboxylic acids is 1. The zero-order valence-corrected chi connectivity index (χ0v) is 11.1. The summed E-state index contributed by atoms with van der Waals surface area (Å²) >= 11 is 0. The summed E-state index contributed by atoms with van der Waals surface area (Å²) < 4.78 is 0. The molecule has 0 radical (unpaired) electrons. The molecule has 0 saturated heterocycles. The van der Waals surface area contributed by atoms with Crippen LogP contribution in [0.4, 0.5) is 0 Å². The van der Waals surface area contributed by atoms with E-state index in [-0.39, 0.29) is 23.3 Å². The van der Waals surface area contributed by atoms with E-state index in [1.54, 1.807) is 0 Å². The van der Waals surface area contributed by atoms with Crippen LogP contribution < -0.4 is 5.32 Å². The average Bonchev–Trinajstić information content (AvgIpc) is 2.78. The molecule has 18 heavy (non-hydrogen) atoms. The Kier molecular flexibility index (Phi) is 3.93. The van der Waals surface area contributed by atoms with Crippen LogP contribution in [-0.2, 0) is 9.59 Å². The van der Waals surface area contributed by atoms with Crippen LogP contribution in [0.3, 0.4) is 0 Å². The third-order valence-electron chi connectivity index (χ3n) is 4.65. The molecule has 2 fully saturated rings. The van der Waals surface area contributed by atoms with Crippen molar-refractivity contribution in [1.82, 2.24) is 5.32 Å². The van der Waals surface area contributed by atoms with Crippen molar-refractivity contribution in [2.45, 2.75) is 64.3 Å². The summed E-state index contributed by atoms with van der Waals surface area (Å²) in [5.74, 6) is -1.09. The number of rotatable bonds is 3. The van der Waals surface area contributed by atoms with Gasteiger partial charge in [0.1, 0.15) is 0 Å². The van der Waals surface area contributed by atoms with E-state index in [4.69, 9.17) is 5.11 Å². The predicted octanol–water partition coefficient (Wildman–Crippen LogP) is 2.33. The Labute approximate surface area is 108 Å². The van der Waals surface area contributed by atoms with Crippen LogP contribution >= 0.6 is 0 Å². The molecule has 0 aromatic carbocycles. The van der Waals surface area contributed by atoms with Crippen molar-refractivity contribution in [2.24, 2.45) is 11.3 Å². The number of hydrogen-bond donors (Lipinski definition) is 2. The molecule has 2 atom stereocenters. The van der Waals surface area contributed by atoms with Crippen molar-refractivity contribution >= 4 is 11.9 Å². The monoisotopic (exact) mass is 253 g/mol. The molecule has 4 heteroatoms. The van der Waals surface area contributed by atoms with E-state index < -0.39 is 5.97 Å². The van der Waals surface area contributed by atoms with E-state index in [9.17, 15) is 9.59 Å². The highest BCUT2D eigenvalue weighted by molar-refractivity contribution is 5.83. The lowest BCUT2D eigenvalue weighted by Gasteiger charge is -2.33. The first kappa shape index (κ1) is 13.4. The minimum absolute atomic E-state index is 0.0698. The molecule has 0 aromatic heterocycles. The van der Waals surface area contributed by atoms with E-state index in [1.807, 2.05) is 6.92 Å². The Hall–Kier alpha value is -1.06. The number of carboxylic acid groups (broad SMARTS) is 1. The maximum absolute atomic E-state index is 12.3. The molecule has 0 heterocycles. The first-order valence-corrected chi connectivity index (χ1v) is 7.07. The quantitative estimate of drug-likeness (QED) is 0.811. The summed E-state index contributed by atoms with van der Waals surface area (Å²) in [5.41, 5.74) is -0.274. The van der Waals surface area contributed by atoms with Crippen molar-refractivity contribution in [1.29, 1.82) is 0 Å². The molecule has 2 aliphatic carbocycles. The molecule has 2 aliphatic rings. The molecule has 4 nitrogen and oxygen atoms in total. The van der Waals surface area contributed by atoms with Gasteiger partial charge in [-0.05, 0) is 25.7 Å². The fraction of sp³-hybridized carbons (Fsp3) is 0.857. The Morgan fingerprint density at radius 1 is 1.11 bits per heavy atom. The highest BCUT2D eigenvalue weighted by Crippen LogP contribution is 2.37. The Morgan fingerprint density at radius 3 is 2.39 bits per heavy atom. The van der Waals surface area contributed by atoms with Crippen molar-refractivity contribution in [3.63, 3.8) is 0 Å². The average molecular weight is 253 g/mol. The second-order valence-corrected chi connectivity index (χ2v) is 6.08.